The van der Waals surface area contributed by atoms with Gasteiger partial charge in [-0.3, -0.25) is 0 Å². The fourth-order valence-electron chi connectivity index (χ4n) is 8.01. The Morgan fingerprint density at radius 1 is 0.312 bits per heavy atom. The lowest BCUT2D eigenvalue weighted by Crippen LogP contribution is -2.12. The summed E-state index contributed by atoms with van der Waals surface area (Å²) in [5.41, 5.74) is -8.54. The Morgan fingerprint density at radius 2 is 0.641 bits per heavy atom. The minimum atomic E-state index is -5.27. The molecule has 3 heterocycles. The van der Waals surface area contributed by atoms with Crippen molar-refractivity contribution in [3.63, 3.8) is 0 Å². The van der Waals surface area contributed by atoms with Crippen LogP contribution in [0, 0.1) is 0 Å². The number of nitrogens with zero attached hydrogens (tertiary/aromatic N) is 3. The highest BCUT2D eigenvalue weighted by atomic mass is 19.4. The number of benzene rings is 6. The molecule has 0 aliphatic heterocycles. The largest absolute Gasteiger partial charge is 0.416 e. The van der Waals surface area contributed by atoms with Gasteiger partial charge in [-0.2, -0.15) is 65.9 Å². The Balaban J connectivity index is 1.50. The molecule has 9 aromatic rings. The Bertz CT molecular complexity index is 3000. The molecule has 18 heteroatoms. The summed E-state index contributed by atoms with van der Waals surface area (Å²) in [6.45, 7) is 0. The van der Waals surface area contributed by atoms with Gasteiger partial charge in [0.15, 0.2) is 0 Å². The number of rotatable bonds is 4. The van der Waals surface area contributed by atoms with Crippen molar-refractivity contribution in [2.45, 2.75) is 30.9 Å². The molecule has 0 spiro atoms. The number of aromatic nitrogens is 3. The van der Waals surface area contributed by atoms with Crippen molar-refractivity contribution in [1.29, 1.82) is 0 Å². The first-order chi connectivity index (χ1) is 29.9. The van der Waals surface area contributed by atoms with E-state index in [0.717, 1.165) is 33.4 Å². The van der Waals surface area contributed by atoms with Crippen LogP contribution >= 0.6 is 0 Å². The van der Waals surface area contributed by atoms with Crippen LogP contribution in [0.2, 0.25) is 0 Å². The molecule has 0 atom stereocenters. The summed E-state index contributed by atoms with van der Waals surface area (Å²) in [6.07, 6.45) is -25.3. The average molecular weight is 902 g/mol. The molecule has 0 fully saturated rings. The van der Waals surface area contributed by atoms with Crippen LogP contribution in [0.1, 0.15) is 27.8 Å². The summed E-state index contributed by atoms with van der Waals surface area (Å²) in [5.74, 6) is 0. The van der Waals surface area contributed by atoms with Crippen molar-refractivity contribution in [1.82, 2.24) is 14.1 Å². The van der Waals surface area contributed by atoms with Crippen LogP contribution in [0.5, 0.6) is 0 Å². The first kappa shape index (κ1) is 42.3. The molecule has 0 unspecified atom stereocenters. The van der Waals surface area contributed by atoms with Gasteiger partial charge in [-0.25, -0.2) is 4.98 Å². The molecule has 0 aliphatic rings. The minimum Gasteiger partial charge on any atom is -0.308 e. The van der Waals surface area contributed by atoms with Crippen LogP contribution < -0.4 is 0 Å². The second-order valence-corrected chi connectivity index (χ2v) is 14.8. The number of halogens is 15. The van der Waals surface area contributed by atoms with Gasteiger partial charge in [-0.05, 0) is 97.1 Å². The maximum atomic E-state index is 15.3. The zero-order chi connectivity index (χ0) is 45.9. The summed E-state index contributed by atoms with van der Waals surface area (Å²) >= 11 is 0. The first-order valence-electron chi connectivity index (χ1n) is 18.6. The zero-order valence-corrected chi connectivity index (χ0v) is 31.7. The normalized spacial score (nSPS) is 13.2. The lowest BCUT2D eigenvalue weighted by molar-refractivity contribution is -0.138. The van der Waals surface area contributed by atoms with E-state index >= 15 is 13.2 Å². The monoisotopic (exact) mass is 901 g/mol. The van der Waals surface area contributed by atoms with E-state index in [1.807, 2.05) is 0 Å². The Morgan fingerprint density at radius 3 is 0.969 bits per heavy atom. The first-order valence-corrected chi connectivity index (χ1v) is 18.6. The predicted molar refractivity (Wildman–Crippen MR) is 209 cm³/mol. The number of fused-ring (bicyclic) bond motifs is 6. The van der Waals surface area contributed by atoms with Crippen LogP contribution in [0.25, 0.3) is 77.5 Å². The van der Waals surface area contributed by atoms with Gasteiger partial charge in [0.2, 0.25) is 0 Å². The van der Waals surface area contributed by atoms with Crippen LogP contribution in [0.3, 0.4) is 0 Å². The average Bonchev–Trinajstić information content (AvgIpc) is 3.73. The predicted octanol–water partition coefficient (Wildman–Crippen LogP) is 15.7. The molecular weight excluding hydrogens is 879 g/mol. The van der Waals surface area contributed by atoms with Crippen molar-refractivity contribution >= 4 is 43.6 Å². The van der Waals surface area contributed by atoms with Crippen molar-refractivity contribution in [3.05, 3.63) is 161 Å². The molecule has 0 saturated heterocycles. The van der Waals surface area contributed by atoms with Gasteiger partial charge in [0.05, 0.1) is 72.6 Å². The third-order valence-electron chi connectivity index (χ3n) is 10.8. The van der Waals surface area contributed by atoms with Crippen LogP contribution in [-0.2, 0) is 30.9 Å². The molecule has 0 saturated carbocycles. The second-order valence-electron chi connectivity index (χ2n) is 14.8. The second kappa shape index (κ2) is 14.3. The van der Waals surface area contributed by atoms with Crippen LogP contribution in [-0.4, -0.2) is 14.1 Å². The number of hydrogen-bond acceptors (Lipinski definition) is 1. The Labute approximate surface area is 349 Å². The molecule has 0 aliphatic carbocycles. The number of alkyl halides is 15. The third kappa shape index (κ3) is 7.23. The zero-order valence-electron chi connectivity index (χ0n) is 31.7. The van der Waals surface area contributed by atoms with E-state index in [9.17, 15) is 52.7 Å². The quantitative estimate of drug-likeness (QED) is 0.161. The van der Waals surface area contributed by atoms with Gasteiger partial charge in [-0.1, -0.05) is 36.4 Å². The Hall–Kier alpha value is -6.98. The fourth-order valence-corrected chi connectivity index (χ4v) is 8.01. The van der Waals surface area contributed by atoms with Crippen molar-refractivity contribution in [2.24, 2.45) is 0 Å². The van der Waals surface area contributed by atoms with Gasteiger partial charge >= 0.3 is 30.9 Å². The highest BCUT2D eigenvalue weighted by Crippen LogP contribution is 2.48. The summed E-state index contributed by atoms with van der Waals surface area (Å²) in [7, 11) is 0. The maximum absolute atomic E-state index is 15.3. The van der Waals surface area contributed by atoms with E-state index in [0.29, 0.717) is 66.2 Å². The molecule has 64 heavy (non-hydrogen) atoms. The van der Waals surface area contributed by atoms with Gasteiger partial charge in [-0.15, -0.1) is 0 Å². The standard InChI is InChI=1S/C46H22F15N3/c47-42(48,49)24-9-13-35-29(17-24)30-18-25(43(50,51)52)10-14-36(30)63(35)39-21-28(46(59,60)61)22-40(41(39)34-8-4-7-33(62-34)23-5-2-1-3-6-23)64-37-15-11-26(44(53,54)55)19-31(37)32-20-27(45(56,57)58)12-16-38(32)64/h1-22H. The van der Waals surface area contributed by atoms with E-state index in [1.165, 1.54) is 18.2 Å². The SMILES string of the molecule is FC(F)(F)c1cc(-n2c3ccc(C(F)(F)F)cc3c3cc(C(F)(F)F)ccc32)c(-c2cccc(-c3ccccc3)n2)c(-n2c3ccc(C(F)(F)F)cc3c3cc(C(F)(F)F)ccc32)c1. The fraction of sp³-hybridized carbons (Fsp3) is 0.109. The van der Waals surface area contributed by atoms with Gasteiger partial charge in [0.1, 0.15) is 0 Å². The summed E-state index contributed by atoms with van der Waals surface area (Å²) in [5, 5.41) is -1.77. The number of hydrogen-bond donors (Lipinski definition) is 0. The molecule has 0 N–H and O–H groups in total. The highest BCUT2D eigenvalue weighted by molar-refractivity contribution is 6.12. The summed E-state index contributed by atoms with van der Waals surface area (Å²) < 4.78 is 218. The lowest BCUT2D eigenvalue weighted by atomic mass is 10.00. The minimum absolute atomic E-state index is 0.150. The molecular formula is C46H22F15N3. The van der Waals surface area contributed by atoms with Crippen molar-refractivity contribution in [3.8, 4) is 33.9 Å². The topological polar surface area (TPSA) is 22.8 Å². The molecule has 0 amide bonds. The molecule has 0 radical (unpaired) electrons. The molecule has 3 nitrogen and oxygen atoms in total. The highest BCUT2D eigenvalue weighted by Gasteiger charge is 2.38. The number of pyridine rings is 1. The van der Waals surface area contributed by atoms with Gasteiger partial charge in [0.25, 0.3) is 0 Å². The maximum Gasteiger partial charge on any atom is 0.416 e. The van der Waals surface area contributed by atoms with Crippen LogP contribution in [0.15, 0.2) is 133 Å². The van der Waals surface area contributed by atoms with Gasteiger partial charge in [0, 0.05) is 32.7 Å². The van der Waals surface area contributed by atoms with Crippen molar-refractivity contribution < 1.29 is 65.9 Å². The van der Waals surface area contributed by atoms with E-state index in [2.05, 4.69) is 0 Å². The van der Waals surface area contributed by atoms with E-state index in [4.69, 9.17) is 4.98 Å². The van der Waals surface area contributed by atoms with E-state index in [-0.39, 0.29) is 39.0 Å². The molecule has 0 bridgehead atoms. The molecule has 326 valence electrons. The lowest BCUT2D eigenvalue weighted by Gasteiger charge is -2.22. The molecule has 9 rings (SSSR count). The van der Waals surface area contributed by atoms with E-state index < -0.39 is 91.6 Å². The molecule has 3 aromatic heterocycles. The summed E-state index contributed by atoms with van der Waals surface area (Å²) in [6, 6.07) is 21.9. The molecule has 6 aromatic carbocycles. The Kier molecular flexibility index (Phi) is 9.44. The summed E-state index contributed by atoms with van der Waals surface area (Å²) in [4.78, 5) is 4.75. The van der Waals surface area contributed by atoms with Crippen LogP contribution in [0.4, 0.5) is 65.9 Å². The smallest absolute Gasteiger partial charge is 0.308 e. The van der Waals surface area contributed by atoms with Gasteiger partial charge < -0.3 is 9.13 Å². The van der Waals surface area contributed by atoms with E-state index in [1.54, 1.807) is 30.3 Å². The third-order valence-corrected chi connectivity index (χ3v) is 10.8. The van der Waals surface area contributed by atoms with Crippen molar-refractivity contribution in [2.75, 3.05) is 0 Å².